The molecule has 5 rings (SSSR count). The average Bonchev–Trinajstić information content (AvgIpc) is 3.46. The van der Waals surface area contributed by atoms with Gasteiger partial charge in [-0.2, -0.15) is 5.10 Å². The van der Waals surface area contributed by atoms with Crippen LogP contribution in [0.2, 0.25) is 0 Å². The minimum atomic E-state index is -0.443. The molecular formula is C31H37N5O5. The van der Waals surface area contributed by atoms with Crippen molar-refractivity contribution in [2.75, 3.05) is 26.7 Å². The number of carbonyl (C=O) groups is 3. The van der Waals surface area contributed by atoms with E-state index in [0.717, 1.165) is 11.1 Å². The first-order chi connectivity index (χ1) is 19.7. The van der Waals surface area contributed by atoms with Crippen molar-refractivity contribution in [1.82, 2.24) is 24.9 Å². The third-order valence-corrected chi connectivity index (χ3v) is 7.49. The molecule has 1 aromatic heterocycles. The van der Waals surface area contributed by atoms with E-state index in [0.29, 0.717) is 43.1 Å². The normalized spacial score (nSPS) is 20.5. The predicted molar refractivity (Wildman–Crippen MR) is 153 cm³/mol. The lowest BCUT2D eigenvalue weighted by Crippen LogP contribution is -2.58. The molecule has 3 heterocycles. The predicted octanol–water partition coefficient (Wildman–Crippen LogP) is 3.58. The number of amides is 3. The standard InChI is InChI=1S/C31H37N5O5/c1-21(2)36-17-24(16-32-36)31(39)35-13-12-28-27(18-35)33-29(37)19-34(3)30(38)11-10-22-6-4-8-25(14-22)41-26-9-5-7-23(15-26)20-40-28/h4-9,14-17,21,27-28H,10-13,18-20H2,1-3H3,(H,33,37)/t27-,28+/m0/s1. The first kappa shape index (κ1) is 28.4. The van der Waals surface area contributed by atoms with E-state index in [4.69, 9.17) is 9.47 Å². The number of likely N-dealkylation sites (N-methyl/N-ethyl adjacent to an activating group) is 1. The van der Waals surface area contributed by atoms with Crippen molar-refractivity contribution in [3.8, 4) is 11.5 Å². The summed E-state index contributed by atoms with van der Waals surface area (Å²) in [7, 11) is 1.63. The van der Waals surface area contributed by atoms with E-state index < -0.39 is 6.04 Å². The Balaban J connectivity index is 1.36. The highest BCUT2D eigenvalue weighted by atomic mass is 16.5. The Labute approximate surface area is 240 Å². The fraction of sp³-hybridized carbons (Fsp3) is 0.419. The quantitative estimate of drug-likeness (QED) is 0.515. The minimum Gasteiger partial charge on any atom is -0.457 e. The van der Waals surface area contributed by atoms with Crippen LogP contribution in [0.5, 0.6) is 11.5 Å². The molecular weight excluding hydrogens is 522 g/mol. The molecule has 4 bridgehead atoms. The summed E-state index contributed by atoms with van der Waals surface area (Å²) < 4.78 is 14.2. The molecule has 2 aliphatic heterocycles. The number of fused-ring (bicyclic) bond motifs is 5. The average molecular weight is 560 g/mol. The number of aromatic nitrogens is 2. The molecule has 3 aromatic rings. The lowest BCUT2D eigenvalue weighted by molar-refractivity contribution is -0.135. The topological polar surface area (TPSA) is 106 Å². The SMILES string of the molecule is CC(C)n1cc(C(=O)N2CC[C@H]3OCc4cccc(c4)Oc4cccc(c4)CCC(=O)N(C)CC(=O)N[C@H]3C2)cn1. The number of ether oxygens (including phenoxy) is 2. The zero-order valence-corrected chi connectivity index (χ0v) is 23.8. The van der Waals surface area contributed by atoms with E-state index in [-0.39, 0.29) is 49.4 Å². The Morgan fingerprint density at radius 3 is 2.51 bits per heavy atom. The summed E-state index contributed by atoms with van der Waals surface area (Å²) in [4.78, 5) is 42.4. The van der Waals surface area contributed by atoms with Gasteiger partial charge in [0.15, 0.2) is 0 Å². The summed E-state index contributed by atoms with van der Waals surface area (Å²) in [5, 5.41) is 7.35. The fourth-order valence-corrected chi connectivity index (χ4v) is 5.17. The van der Waals surface area contributed by atoms with E-state index >= 15 is 0 Å². The van der Waals surface area contributed by atoms with Gasteiger partial charge in [-0.05, 0) is 62.1 Å². The van der Waals surface area contributed by atoms with Gasteiger partial charge in [-0.3, -0.25) is 19.1 Å². The molecule has 3 amide bonds. The van der Waals surface area contributed by atoms with Gasteiger partial charge in [0, 0.05) is 38.8 Å². The first-order valence-corrected chi connectivity index (χ1v) is 14.1. The number of hydrogen-bond donors (Lipinski definition) is 1. The monoisotopic (exact) mass is 559 g/mol. The van der Waals surface area contributed by atoms with Crippen LogP contribution in [0.15, 0.2) is 60.9 Å². The highest BCUT2D eigenvalue weighted by Crippen LogP contribution is 2.25. The smallest absolute Gasteiger partial charge is 0.257 e. The number of nitrogens with zero attached hydrogens (tertiary/aromatic N) is 4. The molecule has 41 heavy (non-hydrogen) atoms. The van der Waals surface area contributed by atoms with Crippen molar-refractivity contribution < 1.29 is 23.9 Å². The van der Waals surface area contributed by atoms with Crippen molar-refractivity contribution in [1.29, 1.82) is 0 Å². The van der Waals surface area contributed by atoms with Gasteiger partial charge >= 0.3 is 0 Å². The molecule has 0 aliphatic carbocycles. The van der Waals surface area contributed by atoms with Crippen LogP contribution < -0.4 is 10.1 Å². The summed E-state index contributed by atoms with van der Waals surface area (Å²) in [6.07, 6.45) is 4.37. The Kier molecular flexibility index (Phi) is 8.68. The molecule has 0 saturated carbocycles. The third-order valence-electron chi connectivity index (χ3n) is 7.49. The second-order valence-corrected chi connectivity index (χ2v) is 11.0. The summed E-state index contributed by atoms with van der Waals surface area (Å²) in [5.41, 5.74) is 2.43. The summed E-state index contributed by atoms with van der Waals surface area (Å²) in [5.74, 6) is 0.824. The molecule has 0 radical (unpaired) electrons. The molecule has 0 spiro atoms. The first-order valence-electron chi connectivity index (χ1n) is 14.1. The fourth-order valence-electron chi connectivity index (χ4n) is 5.17. The Morgan fingerprint density at radius 1 is 1.05 bits per heavy atom. The minimum absolute atomic E-state index is 0.0810. The van der Waals surface area contributed by atoms with Crippen LogP contribution >= 0.6 is 0 Å². The maximum atomic E-state index is 13.3. The van der Waals surface area contributed by atoms with Crippen LogP contribution in [0.3, 0.4) is 0 Å². The van der Waals surface area contributed by atoms with Gasteiger partial charge in [-0.25, -0.2) is 0 Å². The van der Waals surface area contributed by atoms with Crippen molar-refractivity contribution in [3.05, 3.63) is 77.6 Å². The number of benzene rings is 2. The second-order valence-electron chi connectivity index (χ2n) is 11.0. The maximum Gasteiger partial charge on any atom is 0.257 e. The maximum absolute atomic E-state index is 13.3. The molecule has 10 nitrogen and oxygen atoms in total. The third kappa shape index (κ3) is 7.13. The van der Waals surface area contributed by atoms with E-state index in [1.807, 2.05) is 62.4 Å². The molecule has 2 atom stereocenters. The highest BCUT2D eigenvalue weighted by molar-refractivity contribution is 5.94. The number of carbonyl (C=O) groups excluding carboxylic acids is 3. The number of hydrogen-bond acceptors (Lipinski definition) is 6. The molecule has 216 valence electrons. The number of nitrogens with one attached hydrogen (secondary N) is 1. The van der Waals surface area contributed by atoms with E-state index in [2.05, 4.69) is 10.4 Å². The molecule has 1 fully saturated rings. The number of aryl methyl sites for hydroxylation is 1. The molecule has 1 N–H and O–H groups in total. The lowest BCUT2D eigenvalue weighted by atomic mass is 10.0. The van der Waals surface area contributed by atoms with Crippen molar-refractivity contribution >= 4 is 17.7 Å². The van der Waals surface area contributed by atoms with Gasteiger partial charge in [-0.1, -0.05) is 24.3 Å². The second kappa shape index (κ2) is 12.6. The van der Waals surface area contributed by atoms with Crippen LogP contribution in [-0.2, 0) is 27.4 Å². The zero-order valence-electron chi connectivity index (χ0n) is 23.8. The van der Waals surface area contributed by atoms with Gasteiger partial charge < -0.3 is 24.6 Å². The van der Waals surface area contributed by atoms with E-state index in [1.54, 1.807) is 29.0 Å². The Morgan fingerprint density at radius 2 is 1.78 bits per heavy atom. The van der Waals surface area contributed by atoms with Gasteiger partial charge in [0.1, 0.15) is 11.5 Å². The van der Waals surface area contributed by atoms with Gasteiger partial charge in [0.25, 0.3) is 5.91 Å². The molecule has 10 heteroatoms. The van der Waals surface area contributed by atoms with Crippen LogP contribution in [0.4, 0.5) is 0 Å². The highest BCUT2D eigenvalue weighted by Gasteiger charge is 2.34. The van der Waals surface area contributed by atoms with Crippen LogP contribution in [0.1, 0.15) is 54.2 Å². The van der Waals surface area contributed by atoms with Crippen LogP contribution in [0.25, 0.3) is 0 Å². The van der Waals surface area contributed by atoms with Gasteiger partial charge in [0.2, 0.25) is 11.8 Å². The van der Waals surface area contributed by atoms with E-state index in [9.17, 15) is 14.4 Å². The number of piperidine rings is 1. The number of rotatable bonds is 2. The van der Waals surface area contributed by atoms with E-state index in [1.165, 1.54) is 4.90 Å². The summed E-state index contributed by atoms with van der Waals surface area (Å²) >= 11 is 0. The Hall–Kier alpha value is -4.18. The lowest BCUT2D eigenvalue weighted by Gasteiger charge is -2.39. The van der Waals surface area contributed by atoms with Crippen LogP contribution in [0, 0.1) is 0 Å². The van der Waals surface area contributed by atoms with Crippen molar-refractivity contribution in [2.45, 2.75) is 57.9 Å². The van der Waals surface area contributed by atoms with Crippen molar-refractivity contribution in [3.63, 3.8) is 0 Å². The summed E-state index contributed by atoms with van der Waals surface area (Å²) in [6, 6.07) is 15.1. The molecule has 1 saturated heterocycles. The van der Waals surface area contributed by atoms with Gasteiger partial charge in [0.05, 0.1) is 37.1 Å². The molecule has 0 unspecified atom stereocenters. The molecule has 2 aromatic carbocycles. The summed E-state index contributed by atoms with van der Waals surface area (Å²) in [6.45, 7) is 5.02. The number of likely N-dealkylation sites (tertiary alicyclic amines) is 1. The zero-order chi connectivity index (χ0) is 28.9. The van der Waals surface area contributed by atoms with Crippen LogP contribution in [-0.4, -0.2) is 76.1 Å². The molecule has 2 aliphatic rings. The van der Waals surface area contributed by atoms with Crippen molar-refractivity contribution in [2.24, 2.45) is 0 Å². The Bertz CT molecular complexity index is 1400. The largest absolute Gasteiger partial charge is 0.457 e. The van der Waals surface area contributed by atoms with Gasteiger partial charge in [-0.15, -0.1) is 0 Å².